The van der Waals surface area contributed by atoms with Gasteiger partial charge in [0.15, 0.2) is 0 Å². The van der Waals surface area contributed by atoms with Crippen molar-refractivity contribution in [2.24, 2.45) is 5.10 Å². The number of carbonyl (C=O) groups excluding carboxylic acids is 1. The second kappa shape index (κ2) is 9.21. The third-order valence-corrected chi connectivity index (χ3v) is 6.59. The Bertz CT molecular complexity index is 1740. The molecule has 0 fully saturated rings. The zero-order valence-corrected chi connectivity index (χ0v) is 19.8. The summed E-state index contributed by atoms with van der Waals surface area (Å²) in [5.74, 6) is -0.322. The zero-order chi connectivity index (χ0) is 24.5. The van der Waals surface area contributed by atoms with Gasteiger partial charge in [-0.15, -0.1) is 0 Å². The van der Waals surface area contributed by atoms with Gasteiger partial charge in [-0.3, -0.25) is 9.78 Å². The number of hydrogen-bond acceptors (Lipinski definition) is 4. The lowest BCUT2D eigenvalue weighted by molar-refractivity contribution is 0.0956. The van der Waals surface area contributed by atoms with Crippen LogP contribution in [0.4, 0.5) is 0 Å². The van der Waals surface area contributed by atoms with Gasteiger partial charge in [-0.1, -0.05) is 78.3 Å². The molecule has 6 aromatic rings. The van der Waals surface area contributed by atoms with Crippen LogP contribution in [0.1, 0.15) is 15.9 Å². The van der Waals surface area contributed by atoms with Crippen LogP contribution in [0.3, 0.4) is 0 Å². The summed E-state index contributed by atoms with van der Waals surface area (Å²) in [7, 11) is 0. The van der Waals surface area contributed by atoms with Gasteiger partial charge in [0, 0.05) is 39.7 Å². The number of hydrogen-bond donors (Lipinski definition) is 1. The van der Waals surface area contributed by atoms with Gasteiger partial charge in [0.2, 0.25) is 0 Å². The molecule has 6 heteroatoms. The first-order chi connectivity index (χ1) is 17.7. The summed E-state index contributed by atoms with van der Waals surface area (Å²) in [6.07, 6.45) is 5.12. The average molecular weight is 487 g/mol. The zero-order valence-electron chi connectivity index (χ0n) is 19.0. The summed E-state index contributed by atoms with van der Waals surface area (Å²) in [4.78, 5) is 22.2. The maximum Gasteiger partial charge on any atom is 0.272 e. The molecule has 0 unspecified atom stereocenters. The highest BCUT2D eigenvalue weighted by molar-refractivity contribution is 6.42. The highest BCUT2D eigenvalue weighted by Crippen LogP contribution is 2.35. The molecular formula is C30H19ClN4O. The Morgan fingerprint density at radius 3 is 2.11 bits per heavy atom. The van der Waals surface area contributed by atoms with Gasteiger partial charge in [-0.05, 0) is 35.0 Å². The summed E-state index contributed by atoms with van der Waals surface area (Å²) in [5, 5.41) is 9.61. The number of amides is 1. The summed E-state index contributed by atoms with van der Waals surface area (Å²) < 4.78 is 0. The molecule has 0 aliphatic carbocycles. The van der Waals surface area contributed by atoms with E-state index in [4.69, 9.17) is 16.6 Å². The number of pyridine rings is 2. The third-order valence-electron chi connectivity index (χ3n) is 6.19. The second-order valence-electron chi connectivity index (χ2n) is 8.33. The monoisotopic (exact) mass is 486 g/mol. The summed E-state index contributed by atoms with van der Waals surface area (Å²) in [5.41, 5.74) is 6.32. The first-order valence-corrected chi connectivity index (χ1v) is 11.8. The molecule has 0 bridgehead atoms. The lowest BCUT2D eigenvalue weighted by atomic mass is 9.97. The molecule has 0 saturated carbocycles. The van der Waals surface area contributed by atoms with E-state index >= 15 is 0 Å². The van der Waals surface area contributed by atoms with Crippen LogP contribution in [0.5, 0.6) is 0 Å². The van der Waals surface area contributed by atoms with Crippen molar-refractivity contribution in [3.63, 3.8) is 0 Å². The van der Waals surface area contributed by atoms with Gasteiger partial charge in [0.1, 0.15) is 0 Å². The van der Waals surface area contributed by atoms with Crippen LogP contribution in [-0.2, 0) is 0 Å². The predicted octanol–water partition coefficient (Wildman–Crippen LogP) is 7.02. The minimum absolute atomic E-state index is 0.322. The van der Waals surface area contributed by atoms with Gasteiger partial charge < -0.3 is 0 Å². The smallest absolute Gasteiger partial charge is 0.267 e. The molecule has 2 heterocycles. The largest absolute Gasteiger partial charge is 0.272 e. The average Bonchev–Trinajstić information content (AvgIpc) is 2.94. The summed E-state index contributed by atoms with van der Waals surface area (Å²) >= 11 is 6.71. The molecule has 2 aromatic heterocycles. The molecule has 1 amide bonds. The van der Waals surface area contributed by atoms with Gasteiger partial charge >= 0.3 is 0 Å². The minimum atomic E-state index is -0.322. The predicted molar refractivity (Wildman–Crippen MR) is 146 cm³/mol. The molecule has 6 rings (SSSR count). The SMILES string of the molecule is O=C(NN=Cc1c2ccccc2c(Cl)c2ccccc12)c1cc(-c2cccnc2)nc2ccccc12. The van der Waals surface area contributed by atoms with Crippen molar-refractivity contribution in [3.05, 3.63) is 120 Å². The maximum atomic E-state index is 13.3. The van der Waals surface area contributed by atoms with Gasteiger partial charge in [0.25, 0.3) is 5.91 Å². The number of aromatic nitrogens is 2. The topological polar surface area (TPSA) is 67.2 Å². The van der Waals surface area contributed by atoms with E-state index in [2.05, 4.69) is 15.5 Å². The highest BCUT2D eigenvalue weighted by Gasteiger charge is 2.14. The van der Waals surface area contributed by atoms with Crippen LogP contribution >= 0.6 is 11.6 Å². The summed E-state index contributed by atoms with van der Waals surface area (Å²) in [6.45, 7) is 0. The molecule has 0 aliphatic rings. The lowest BCUT2D eigenvalue weighted by Gasteiger charge is -2.11. The van der Waals surface area contributed by atoms with Crippen LogP contribution in [-0.4, -0.2) is 22.1 Å². The first kappa shape index (κ1) is 21.9. The Labute approximate surface area is 212 Å². The molecular weight excluding hydrogens is 468 g/mol. The Balaban J connectivity index is 1.41. The maximum absolute atomic E-state index is 13.3. The molecule has 36 heavy (non-hydrogen) atoms. The number of para-hydroxylation sites is 1. The van der Waals surface area contributed by atoms with Crippen molar-refractivity contribution in [2.75, 3.05) is 0 Å². The standard InChI is InChI=1S/C30H19ClN4O/c31-29-23-12-3-1-9-20(23)26(21-10-2-4-13-24(21)29)18-33-35-30(36)25-16-28(19-8-7-15-32-17-19)34-27-14-6-5-11-22(25)27/h1-18H,(H,35,36). The second-order valence-corrected chi connectivity index (χ2v) is 8.71. The van der Waals surface area contributed by atoms with Crippen molar-refractivity contribution >= 4 is 56.2 Å². The number of nitrogens with one attached hydrogen (secondary N) is 1. The lowest BCUT2D eigenvalue weighted by Crippen LogP contribution is -2.18. The Morgan fingerprint density at radius 2 is 1.44 bits per heavy atom. The van der Waals surface area contributed by atoms with Gasteiger partial charge in [-0.25, -0.2) is 10.4 Å². The number of nitrogens with zero attached hydrogens (tertiary/aromatic N) is 3. The van der Waals surface area contributed by atoms with E-state index in [1.54, 1.807) is 24.7 Å². The van der Waals surface area contributed by atoms with Crippen molar-refractivity contribution in [1.82, 2.24) is 15.4 Å². The third kappa shape index (κ3) is 3.85. The molecule has 4 aromatic carbocycles. The van der Waals surface area contributed by atoms with E-state index in [0.717, 1.165) is 43.6 Å². The molecule has 0 saturated heterocycles. The van der Waals surface area contributed by atoms with Crippen molar-refractivity contribution < 1.29 is 4.79 Å². The van der Waals surface area contributed by atoms with Crippen LogP contribution in [0.2, 0.25) is 5.02 Å². The number of rotatable bonds is 4. The van der Waals surface area contributed by atoms with E-state index in [9.17, 15) is 4.79 Å². The van der Waals surface area contributed by atoms with Crippen molar-refractivity contribution in [1.29, 1.82) is 0 Å². The number of hydrazone groups is 1. The Morgan fingerprint density at radius 1 is 0.806 bits per heavy atom. The highest BCUT2D eigenvalue weighted by atomic mass is 35.5. The Kier molecular flexibility index (Phi) is 5.60. The number of benzene rings is 4. The van der Waals surface area contributed by atoms with Gasteiger partial charge in [-0.2, -0.15) is 5.10 Å². The fourth-order valence-corrected chi connectivity index (χ4v) is 4.82. The molecule has 0 atom stereocenters. The van der Waals surface area contributed by atoms with Crippen molar-refractivity contribution in [2.45, 2.75) is 0 Å². The fraction of sp³-hybridized carbons (Fsp3) is 0. The molecule has 0 aliphatic heterocycles. The van der Waals surface area contributed by atoms with E-state index in [0.29, 0.717) is 16.3 Å². The minimum Gasteiger partial charge on any atom is -0.267 e. The fourth-order valence-electron chi connectivity index (χ4n) is 4.49. The number of carbonyl (C=O) groups is 1. The van der Waals surface area contributed by atoms with Crippen LogP contribution in [0.25, 0.3) is 43.7 Å². The Hall–Kier alpha value is -4.61. The number of halogens is 1. The quantitative estimate of drug-likeness (QED) is 0.165. The van der Waals surface area contributed by atoms with E-state index < -0.39 is 0 Å². The van der Waals surface area contributed by atoms with E-state index in [1.807, 2.05) is 84.9 Å². The molecule has 0 radical (unpaired) electrons. The normalized spacial score (nSPS) is 11.5. The summed E-state index contributed by atoms with van der Waals surface area (Å²) in [6, 6.07) is 28.9. The first-order valence-electron chi connectivity index (χ1n) is 11.4. The number of fused-ring (bicyclic) bond motifs is 3. The van der Waals surface area contributed by atoms with Crippen LogP contribution in [0.15, 0.2) is 108 Å². The van der Waals surface area contributed by atoms with E-state index in [1.165, 1.54) is 0 Å². The molecule has 5 nitrogen and oxygen atoms in total. The van der Waals surface area contributed by atoms with E-state index in [-0.39, 0.29) is 5.91 Å². The van der Waals surface area contributed by atoms with Gasteiger partial charge in [0.05, 0.1) is 28.0 Å². The van der Waals surface area contributed by atoms with Crippen LogP contribution in [0, 0.1) is 0 Å². The van der Waals surface area contributed by atoms with Crippen LogP contribution < -0.4 is 5.43 Å². The molecule has 0 spiro atoms. The molecule has 172 valence electrons. The molecule has 1 N–H and O–H groups in total. The van der Waals surface area contributed by atoms with Crippen molar-refractivity contribution in [3.8, 4) is 11.3 Å².